The second-order valence-electron chi connectivity index (χ2n) is 3.63. The molecule has 0 aliphatic heterocycles. The van der Waals surface area contributed by atoms with E-state index in [-0.39, 0.29) is 0 Å². The van der Waals surface area contributed by atoms with Crippen molar-refractivity contribution in [2.24, 2.45) is 7.05 Å². The normalized spacial score (nSPS) is 10.4. The molecule has 0 saturated heterocycles. The molecule has 94 valence electrons. The minimum atomic E-state index is -0.394. The van der Waals surface area contributed by atoms with Gasteiger partial charge in [0.2, 0.25) is 0 Å². The van der Waals surface area contributed by atoms with E-state index in [1.54, 1.807) is 19.2 Å². The van der Waals surface area contributed by atoms with Crippen LogP contribution in [0.5, 0.6) is 0 Å². The van der Waals surface area contributed by atoms with Gasteiger partial charge in [0.25, 0.3) is 0 Å². The molecule has 0 bridgehead atoms. The summed E-state index contributed by atoms with van der Waals surface area (Å²) in [4.78, 5) is 11.6. The highest BCUT2D eigenvalue weighted by molar-refractivity contribution is 14.1. The predicted molar refractivity (Wildman–Crippen MR) is 77.7 cm³/mol. The van der Waals surface area contributed by atoms with E-state index in [4.69, 9.17) is 16.3 Å². The van der Waals surface area contributed by atoms with Crippen molar-refractivity contribution in [2.45, 2.75) is 0 Å². The molecular formula is C12H10ClIN2O2. The predicted octanol–water partition coefficient (Wildman–Crippen LogP) is 3.13. The van der Waals surface area contributed by atoms with Gasteiger partial charge in [-0.05, 0) is 34.7 Å². The first kappa shape index (κ1) is 13.4. The van der Waals surface area contributed by atoms with E-state index >= 15 is 0 Å². The van der Waals surface area contributed by atoms with Gasteiger partial charge in [-0.3, -0.25) is 4.68 Å². The molecule has 0 radical (unpaired) electrons. The van der Waals surface area contributed by atoms with E-state index in [9.17, 15) is 4.79 Å². The number of aromatic nitrogens is 2. The molecule has 0 saturated carbocycles. The Bertz CT molecular complexity index is 593. The van der Waals surface area contributed by atoms with E-state index in [0.717, 1.165) is 14.8 Å². The first-order valence-corrected chi connectivity index (χ1v) is 6.57. The number of benzene rings is 1. The number of aryl methyl sites for hydroxylation is 1. The Morgan fingerprint density at radius 3 is 2.56 bits per heavy atom. The lowest BCUT2D eigenvalue weighted by Crippen LogP contribution is -2.09. The summed E-state index contributed by atoms with van der Waals surface area (Å²) in [6.07, 6.45) is 0. The van der Waals surface area contributed by atoms with Crippen molar-refractivity contribution < 1.29 is 9.53 Å². The number of halogens is 2. The minimum Gasteiger partial charge on any atom is -0.464 e. The van der Waals surface area contributed by atoms with Crippen molar-refractivity contribution in [3.63, 3.8) is 0 Å². The fourth-order valence-electron chi connectivity index (χ4n) is 1.61. The molecule has 6 heteroatoms. The van der Waals surface area contributed by atoms with Crippen LogP contribution in [0.3, 0.4) is 0 Å². The molecule has 0 unspecified atom stereocenters. The number of hydrogen-bond donors (Lipinski definition) is 0. The third kappa shape index (κ3) is 2.37. The summed E-state index contributed by atoms with van der Waals surface area (Å²) < 4.78 is 7.03. The van der Waals surface area contributed by atoms with Crippen molar-refractivity contribution in [1.82, 2.24) is 9.78 Å². The van der Waals surface area contributed by atoms with E-state index in [2.05, 4.69) is 27.7 Å². The van der Waals surface area contributed by atoms with Gasteiger partial charge in [-0.25, -0.2) is 4.79 Å². The lowest BCUT2D eigenvalue weighted by Gasteiger charge is -1.99. The van der Waals surface area contributed by atoms with Gasteiger partial charge in [0, 0.05) is 17.6 Å². The maximum atomic E-state index is 11.6. The fraction of sp³-hybridized carbons (Fsp3) is 0.167. The van der Waals surface area contributed by atoms with Crippen molar-refractivity contribution in [3.8, 4) is 11.3 Å². The van der Waals surface area contributed by atoms with Crippen LogP contribution < -0.4 is 0 Å². The van der Waals surface area contributed by atoms with Crippen LogP contribution in [0, 0.1) is 3.57 Å². The molecule has 4 nitrogen and oxygen atoms in total. The van der Waals surface area contributed by atoms with E-state index in [1.165, 1.54) is 11.8 Å². The topological polar surface area (TPSA) is 44.1 Å². The Labute approximate surface area is 123 Å². The molecule has 1 heterocycles. The SMILES string of the molecule is COC(=O)c1c(I)c(-c2ccc(Cl)cc2)nn1C. The van der Waals surface area contributed by atoms with Crippen molar-refractivity contribution in [3.05, 3.63) is 38.6 Å². The number of nitrogens with zero attached hydrogens (tertiary/aromatic N) is 2. The Kier molecular flexibility index (Phi) is 3.91. The fourth-order valence-corrected chi connectivity index (χ4v) is 2.72. The summed E-state index contributed by atoms with van der Waals surface area (Å²) in [6, 6.07) is 7.32. The summed E-state index contributed by atoms with van der Waals surface area (Å²) in [5, 5.41) is 5.01. The molecule has 0 aliphatic rings. The Morgan fingerprint density at radius 2 is 2.00 bits per heavy atom. The lowest BCUT2D eigenvalue weighted by molar-refractivity contribution is 0.0587. The first-order valence-electron chi connectivity index (χ1n) is 5.11. The van der Waals surface area contributed by atoms with Crippen LogP contribution >= 0.6 is 34.2 Å². The average molecular weight is 377 g/mol. The molecule has 0 atom stereocenters. The van der Waals surface area contributed by atoms with Gasteiger partial charge < -0.3 is 4.74 Å². The lowest BCUT2D eigenvalue weighted by atomic mass is 10.1. The maximum Gasteiger partial charge on any atom is 0.357 e. The number of carbonyl (C=O) groups excluding carboxylic acids is 1. The van der Waals surface area contributed by atoms with E-state index in [1.807, 2.05) is 12.1 Å². The quantitative estimate of drug-likeness (QED) is 0.597. The van der Waals surface area contributed by atoms with Gasteiger partial charge >= 0.3 is 5.97 Å². The number of rotatable bonds is 2. The molecule has 0 amide bonds. The van der Waals surface area contributed by atoms with Crippen LogP contribution in [0.2, 0.25) is 5.02 Å². The highest BCUT2D eigenvalue weighted by Gasteiger charge is 2.21. The maximum absolute atomic E-state index is 11.6. The Hall–Kier alpha value is -1.08. The zero-order valence-electron chi connectivity index (χ0n) is 9.78. The van der Waals surface area contributed by atoms with Gasteiger partial charge in [-0.1, -0.05) is 23.7 Å². The molecule has 2 rings (SSSR count). The van der Waals surface area contributed by atoms with Crippen molar-refractivity contribution in [1.29, 1.82) is 0 Å². The van der Waals surface area contributed by atoms with Crippen LogP contribution in [0.4, 0.5) is 0 Å². The van der Waals surface area contributed by atoms with Gasteiger partial charge in [0.1, 0.15) is 5.69 Å². The number of hydrogen-bond acceptors (Lipinski definition) is 3. The number of carbonyl (C=O) groups is 1. The third-order valence-electron chi connectivity index (χ3n) is 2.49. The molecule has 0 N–H and O–H groups in total. The summed E-state index contributed by atoms with van der Waals surface area (Å²) in [5.41, 5.74) is 2.10. The molecule has 2 aromatic rings. The second-order valence-corrected chi connectivity index (χ2v) is 5.15. The smallest absolute Gasteiger partial charge is 0.357 e. The first-order chi connectivity index (χ1) is 8.54. The zero-order chi connectivity index (χ0) is 13.3. The number of methoxy groups -OCH3 is 1. The minimum absolute atomic E-state index is 0.394. The van der Waals surface area contributed by atoms with Crippen molar-refractivity contribution >= 4 is 40.2 Å². The summed E-state index contributed by atoms with van der Waals surface area (Å²) in [6.45, 7) is 0. The van der Waals surface area contributed by atoms with Crippen molar-refractivity contribution in [2.75, 3.05) is 7.11 Å². The Morgan fingerprint density at radius 1 is 1.39 bits per heavy atom. The largest absolute Gasteiger partial charge is 0.464 e. The molecular weight excluding hydrogens is 367 g/mol. The number of esters is 1. The van der Waals surface area contributed by atoms with Gasteiger partial charge in [-0.2, -0.15) is 5.10 Å². The summed E-state index contributed by atoms with van der Waals surface area (Å²) in [5.74, 6) is -0.394. The Balaban J connectivity index is 2.53. The van der Waals surface area contributed by atoms with Crippen LogP contribution in [0.15, 0.2) is 24.3 Å². The van der Waals surface area contributed by atoms with Crippen LogP contribution in [0.25, 0.3) is 11.3 Å². The zero-order valence-corrected chi connectivity index (χ0v) is 12.7. The molecule has 0 aliphatic carbocycles. The van der Waals surface area contributed by atoms with Crippen LogP contribution in [-0.4, -0.2) is 22.9 Å². The highest BCUT2D eigenvalue weighted by atomic mass is 127. The molecule has 0 fully saturated rings. The van der Waals surface area contributed by atoms with Gasteiger partial charge in [0.05, 0.1) is 10.7 Å². The average Bonchev–Trinajstić information content (AvgIpc) is 2.65. The molecule has 18 heavy (non-hydrogen) atoms. The number of ether oxygens (including phenoxy) is 1. The van der Waals surface area contributed by atoms with Gasteiger partial charge in [-0.15, -0.1) is 0 Å². The van der Waals surface area contributed by atoms with E-state index < -0.39 is 5.97 Å². The molecule has 1 aromatic heterocycles. The van der Waals surface area contributed by atoms with Crippen LogP contribution in [-0.2, 0) is 11.8 Å². The monoisotopic (exact) mass is 376 g/mol. The van der Waals surface area contributed by atoms with Crippen LogP contribution in [0.1, 0.15) is 10.5 Å². The van der Waals surface area contributed by atoms with Gasteiger partial charge in [0.15, 0.2) is 5.69 Å². The standard InChI is InChI=1S/C12H10ClIN2O2/c1-16-11(12(17)18-2)9(14)10(15-16)7-3-5-8(13)6-4-7/h3-6H,1-2H3. The second kappa shape index (κ2) is 5.27. The molecule has 0 spiro atoms. The summed E-state index contributed by atoms with van der Waals surface area (Å²) >= 11 is 7.94. The highest BCUT2D eigenvalue weighted by Crippen LogP contribution is 2.27. The van der Waals surface area contributed by atoms with E-state index in [0.29, 0.717) is 10.7 Å². The molecule has 1 aromatic carbocycles. The third-order valence-corrected chi connectivity index (χ3v) is 3.76. The summed E-state index contributed by atoms with van der Waals surface area (Å²) in [7, 11) is 3.07.